The van der Waals surface area contributed by atoms with Crippen LogP contribution in [0.4, 0.5) is 4.39 Å². The number of guanidine groups is 1. The summed E-state index contributed by atoms with van der Waals surface area (Å²) in [7, 11) is 0. The first kappa shape index (κ1) is 25.9. The lowest BCUT2D eigenvalue weighted by Crippen LogP contribution is -2.49. The smallest absolute Gasteiger partial charge is 0.191 e. The van der Waals surface area contributed by atoms with Crippen LogP contribution in [0.3, 0.4) is 0 Å². The molecule has 1 saturated heterocycles. The van der Waals surface area contributed by atoms with E-state index in [1.165, 1.54) is 12.1 Å². The number of likely N-dealkylation sites (tertiary alicyclic amines) is 1. The Morgan fingerprint density at radius 2 is 2.06 bits per heavy atom. The van der Waals surface area contributed by atoms with E-state index < -0.39 is 0 Å². The van der Waals surface area contributed by atoms with Gasteiger partial charge in [-0.15, -0.1) is 24.0 Å². The third kappa shape index (κ3) is 7.61. The number of hydrogen-bond donors (Lipinski definition) is 2. The molecule has 31 heavy (non-hydrogen) atoms. The highest BCUT2D eigenvalue weighted by atomic mass is 127. The quantitative estimate of drug-likeness (QED) is 0.291. The molecule has 1 aliphatic rings. The van der Waals surface area contributed by atoms with Gasteiger partial charge in [-0.3, -0.25) is 0 Å². The molecule has 0 spiro atoms. The average molecular weight is 546 g/mol. The summed E-state index contributed by atoms with van der Waals surface area (Å²) >= 11 is 0. The van der Waals surface area contributed by atoms with Gasteiger partial charge in [-0.2, -0.15) is 0 Å². The topological polar surface area (TPSA) is 62.0 Å². The van der Waals surface area contributed by atoms with E-state index in [4.69, 9.17) is 14.1 Å². The van der Waals surface area contributed by atoms with Crippen molar-refractivity contribution in [2.45, 2.75) is 59.2 Å². The van der Waals surface area contributed by atoms with Gasteiger partial charge in [0.25, 0.3) is 0 Å². The molecule has 1 aromatic heterocycles. The summed E-state index contributed by atoms with van der Waals surface area (Å²) in [6, 6.07) is 5.01. The predicted molar refractivity (Wildman–Crippen MR) is 135 cm³/mol. The molecular formula is C23H36FIN4O2. The van der Waals surface area contributed by atoms with Crippen molar-refractivity contribution in [1.29, 1.82) is 0 Å². The summed E-state index contributed by atoms with van der Waals surface area (Å²) in [6.45, 7) is 13.3. The summed E-state index contributed by atoms with van der Waals surface area (Å²) in [6.07, 6.45) is 2.45. The SMILES string of the molecule is CCNC(=NCc1oc2ccc(F)cc2c1C)NC1CCN(CCOC(C)C)CC1.I. The molecule has 1 aromatic carbocycles. The maximum atomic E-state index is 13.5. The molecule has 1 fully saturated rings. The van der Waals surface area contributed by atoms with Crippen LogP contribution in [0.2, 0.25) is 0 Å². The van der Waals surface area contributed by atoms with Gasteiger partial charge in [0, 0.05) is 43.2 Å². The highest BCUT2D eigenvalue weighted by Crippen LogP contribution is 2.26. The van der Waals surface area contributed by atoms with E-state index in [-0.39, 0.29) is 35.9 Å². The van der Waals surface area contributed by atoms with E-state index in [9.17, 15) is 4.39 Å². The van der Waals surface area contributed by atoms with Crippen LogP contribution in [0.15, 0.2) is 27.6 Å². The predicted octanol–water partition coefficient (Wildman–Crippen LogP) is 4.44. The number of aryl methyl sites for hydroxylation is 1. The van der Waals surface area contributed by atoms with Crippen LogP contribution in [-0.4, -0.2) is 55.8 Å². The van der Waals surface area contributed by atoms with Crippen LogP contribution in [0.1, 0.15) is 44.9 Å². The number of ether oxygens (including phenoxy) is 1. The fourth-order valence-corrected chi connectivity index (χ4v) is 3.78. The van der Waals surface area contributed by atoms with Gasteiger partial charge in [-0.25, -0.2) is 9.38 Å². The van der Waals surface area contributed by atoms with Gasteiger partial charge in [0.1, 0.15) is 23.7 Å². The molecule has 2 aromatic rings. The molecule has 0 bridgehead atoms. The molecule has 0 amide bonds. The summed E-state index contributed by atoms with van der Waals surface area (Å²) in [5, 5.41) is 7.70. The molecular weight excluding hydrogens is 510 g/mol. The zero-order valence-corrected chi connectivity index (χ0v) is 21.4. The Balaban J connectivity index is 0.00000341. The number of nitrogens with one attached hydrogen (secondary N) is 2. The van der Waals surface area contributed by atoms with E-state index in [1.807, 2.05) is 6.92 Å². The zero-order valence-electron chi connectivity index (χ0n) is 19.0. The Morgan fingerprint density at radius 3 is 2.74 bits per heavy atom. The summed E-state index contributed by atoms with van der Waals surface area (Å²) in [5.41, 5.74) is 1.65. The van der Waals surface area contributed by atoms with Crippen LogP contribution < -0.4 is 10.6 Å². The van der Waals surface area contributed by atoms with Gasteiger partial charge in [0.2, 0.25) is 0 Å². The number of piperidine rings is 1. The van der Waals surface area contributed by atoms with Crippen molar-refractivity contribution in [2.24, 2.45) is 4.99 Å². The molecule has 2 heterocycles. The van der Waals surface area contributed by atoms with E-state index in [2.05, 4.69) is 36.3 Å². The minimum absolute atomic E-state index is 0. The highest BCUT2D eigenvalue weighted by Gasteiger charge is 2.20. The molecule has 174 valence electrons. The fourth-order valence-electron chi connectivity index (χ4n) is 3.78. The summed E-state index contributed by atoms with van der Waals surface area (Å²) in [4.78, 5) is 7.18. The first-order valence-corrected chi connectivity index (χ1v) is 11.0. The Labute approximate surface area is 202 Å². The Bertz CT molecular complexity index is 847. The molecule has 0 aliphatic carbocycles. The van der Waals surface area contributed by atoms with E-state index in [0.29, 0.717) is 18.2 Å². The number of aliphatic imine (C=N–C) groups is 1. The number of halogens is 2. The van der Waals surface area contributed by atoms with Crippen molar-refractivity contribution in [3.63, 3.8) is 0 Å². The molecule has 0 unspecified atom stereocenters. The monoisotopic (exact) mass is 546 g/mol. The normalized spacial score (nSPS) is 16.0. The molecule has 0 radical (unpaired) electrons. The third-order valence-electron chi connectivity index (χ3n) is 5.51. The molecule has 3 rings (SSSR count). The molecule has 8 heteroatoms. The number of fused-ring (bicyclic) bond motifs is 1. The van der Waals surface area contributed by atoms with Crippen molar-refractivity contribution in [1.82, 2.24) is 15.5 Å². The van der Waals surface area contributed by atoms with Crippen molar-refractivity contribution < 1.29 is 13.5 Å². The Kier molecular flexibility index (Phi) is 10.5. The summed E-state index contributed by atoms with van der Waals surface area (Å²) in [5.74, 6) is 1.32. The lowest BCUT2D eigenvalue weighted by atomic mass is 10.1. The average Bonchev–Trinajstić information content (AvgIpc) is 3.02. The highest BCUT2D eigenvalue weighted by molar-refractivity contribution is 14.0. The maximum absolute atomic E-state index is 13.5. The van der Waals surface area contributed by atoms with Crippen LogP contribution in [0.5, 0.6) is 0 Å². The second kappa shape index (κ2) is 12.6. The van der Waals surface area contributed by atoms with Crippen LogP contribution >= 0.6 is 24.0 Å². The third-order valence-corrected chi connectivity index (χ3v) is 5.51. The van der Waals surface area contributed by atoms with Crippen molar-refractivity contribution in [2.75, 3.05) is 32.8 Å². The minimum atomic E-state index is -0.251. The molecule has 2 N–H and O–H groups in total. The first-order valence-electron chi connectivity index (χ1n) is 11.0. The Hall–Kier alpha value is -1.39. The first-order chi connectivity index (χ1) is 14.5. The van der Waals surface area contributed by atoms with E-state index in [0.717, 1.165) is 68.3 Å². The van der Waals surface area contributed by atoms with Crippen LogP contribution in [0, 0.1) is 12.7 Å². The standard InChI is InChI=1S/C23H35FN4O2.HI/c1-5-25-23(27-19-8-10-28(11-9-19)12-13-29-16(2)3)26-15-22-17(4)20-14-18(24)6-7-21(20)30-22;/h6-7,14,16,19H,5,8-13,15H2,1-4H3,(H2,25,26,27);1H. The van der Waals surface area contributed by atoms with Gasteiger partial charge in [0.05, 0.1) is 12.7 Å². The van der Waals surface area contributed by atoms with Crippen LogP contribution in [0.25, 0.3) is 11.0 Å². The van der Waals surface area contributed by atoms with Gasteiger partial charge < -0.3 is 24.7 Å². The second-order valence-corrected chi connectivity index (χ2v) is 8.17. The van der Waals surface area contributed by atoms with Crippen molar-refractivity contribution in [3.05, 3.63) is 35.3 Å². The van der Waals surface area contributed by atoms with Crippen molar-refractivity contribution in [3.8, 4) is 0 Å². The number of benzene rings is 1. The number of furan rings is 1. The second-order valence-electron chi connectivity index (χ2n) is 8.17. The largest absolute Gasteiger partial charge is 0.459 e. The van der Waals surface area contributed by atoms with E-state index in [1.54, 1.807) is 6.07 Å². The number of hydrogen-bond acceptors (Lipinski definition) is 4. The number of rotatable bonds is 8. The lowest BCUT2D eigenvalue weighted by Gasteiger charge is -2.33. The van der Waals surface area contributed by atoms with Gasteiger partial charge in [0.15, 0.2) is 5.96 Å². The summed E-state index contributed by atoms with van der Waals surface area (Å²) < 4.78 is 25.1. The van der Waals surface area contributed by atoms with Gasteiger partial charge >= 0.3 is 0 Å². The molecule has 0 atom stereocenters. The molecule has 0 saturated carbocycles. The lowest BCUT2D eigenvalue weighted by molar-refractivity contribution is 0.0532. The van der Waals surface area contributed by atoms with E-state index >= 15 is 0 Å². The number of nitrogens with zero attached hydrogens (tertiary/aromatic N) is 2. The minimum Gasteiger partial charge on any atom is -0.459 e. The molecule has 6 nitrogen and oxygen atoms in total. The van der Waals surface area contributed by atoms with Gasteiger partial charge in [-0.1, -0.05) is 0 Å². The maximum Gasteiger partial charge on any atom is 0.191 e. The Morgan fingerprint density at radius 1 is 1.32 bits per heavy atom. The van der Waals surface area contributed by atoms with Gasteiger partial charge in [-0.05, 0) is 58.7 Å². The van der Waals surface area contributed by atoms with Crippen molar-refractivity contribution >= 4 is 40.9 Å². The fraction of sp³-hybridized carbons (Fsp3) is 0.609. The molecule has 1 aliphatic heterocycles. The van der Waals surface area contributed by atoms with Crippen LogP contribution in [-0.2, 0) is 11.3 Å². The zero-order chi connectivity index (χ0) is 21.5.